The Hall–Kier alpha value is -3.88. The molecule has 0 radical (unpaired) electrons. The lowest BCUT2D eigenvalue weighted by Crippen LogP contribution is -2.38. The molecule has 2 N–H and O–H groups in total. The lowest BCUT2D eigenvalue weighted by molar-refractivity contribution is -0.115. The van der Waals surface area contributed by atoms with Crippen LogP contribution in [0.5, 0.6) is 17.2 Å². The third-order valence-corrected chi connectivity index (χ3v) is 5.56. The number of ether oxygens (including phenoxy) is 3. The SMILES string of the molecule is O=C(Cc1ccc(Oc2ccc(OCCN3CCOCC3)cc2)cc1)Nc1ccccc1C(=O)O. The molecule has 1 aliphatic heterocycles. The Labute approximate surface area is 204 Å². The fourth-order valence-corrected chi connectivity index (χ4v) is 3.69. The van der Waals surface area contributed by atoms with Gasteiger partial charge in [0, 0.05) is 19.6 Å². The molecule has 1 amide bonds. The number of morpholine rings is 1. The number of nitrogens with one attached hydrogen (secondary N) is 1. The molecule has 3 aromatic rings. The van der Waals surface area contributed by atoms with Gasteiger partial charge in [0.1, 0.15) is 23.9 Å². The van der Waals surface area contributed by atoms with Gasteiger partial charge in [0.2, 0.25) is 5.91 Å². The van der Waals surface area contributed by atoms with Gasteiger partial charge in [-0.3, -0.25) is 9.69 Å². The van der Waals surface area contributed by atoms with Crippen LogP contribution in [0.15, 0.2) is 72.8 Å². The minimum absolute atomic E-state index is 0.0538. The molecule has 35 heavy (non-hydrogen) atoms. The highest BCUT2D eigenvalue weighted by atomic mass is 16.5. The molecule has 0 saturated carbocycles. The normalized spacial score (nSPS) is 13.7. The van der Waals surface area contributed by atoms with Gasteiger partial charge < -0.3 is 24.6 Å². The van der Waals surface area contributed by atoms with Crippen LogP contribution < -0.4 is 14.8 Å². The van der Waals surface area contributed by atoms with Gasteiger partial charge in [0.15, 0.2) is 0 Å². The van der Waals surface area contributed by atoms with Crippen molar-refractivity contribution in [2.45, 2.75) is 6.42 Å². The Kier molecular flexibility index (Phi) is 8.32. The number of amides is 1. The molecule has 0 atom stereocenters. The Morgan fingerprint density at radius 3 is 2.20 bits per heavy atom. The summed E-state index contributed by atoms with van der Waals surface area (Å²) in [5.41, 5.74) is 1.11. The number of para-hydroxylation sites is 1. The van der Waals surface area contributed by atoms with Crippen LogP contribution in [0.1, 0.15) is 15.9 Å². The first-order valence-corrected chi connectivity index (χ1v) is 11.5. The van der Waals surface area contributed by atoms with Crippen LogP contribution in [-0.4, -0.2) is 61.3 Å². The Morgan fingerprint density at radius 2 is 1.51 bits per heavy atom. The predicted molar refractivity (Wildman–Crippen MR) is 131 cm³/mol. The molecule has 0 bridgehead atoms. The van der Waals surface area contributed by atoms with E-state index < -0.39 is 5.97 Å². The topological polar surface area (TPSA) is 97.3 Å². The standard InChI is InChI=1S/C27H28N2O6/c30-26(28-25-4-2-1-3-24(25)27(31)32)19-20-5-7-22(8-6-20)35-23-11-9-21(10-12-23)34-18-15-29-13-16-33-17-14-29/h1-12H,13-19H2,(H,28,30)(H,31,32). The van der Waals surface area contributed by atoms with Crippen LogP contribution in [0.2, 0.25) is 0 Å². The zero-order valence-electron chi connectivity index (χ0n) is 19.3. The zero-order chi connectivity index (χ0) is 24.5. The van der Waals surface area contributed by atoms with Crippen molar-refractivity contribution in [1.29, 1.82) is 0 Å². The van der Waals surface area contributed by atoms with Crippen LogP contribution in [0, 0.1) is 0 Å². The van der Waals surface area contributed by atoms with E-state index in [9.17, 15) is 14.7 Å². The maximum atomic E-state index is 12.4. The summed E-state index contributed by atoms with van der Waals surface area (Å²) >= 11 is 0. The molecule has 1 fully saturated rings. The van der Waals surface area contributed by atoms with Crippen molar-refractivity contribution in [2.75, 3.05) is 44.8 Å². The van der Waals surface area contributed by atoms with E-state index >= 15 is 0 Å². The molecule has 1 heterocycles. The smallest absolute Gasteiger partial charge is 0.337 e. The van der Waals surface area contributed by atoms with Crippen LogP contribution in [0.4, 0.5) is 5.69 Å². The molecule has 182 valence electrons. The van der Waals surface area contributed by atoms with Gasteiger partial charge in [0.05, 0.1) is 30.9 Å². The average Bonchev–Trinajstić information content (AvgIpc) is 2.87. The largest absolute Gasteiger partial charge is 0.492 e. The van der Waals surface area contributed by atoms with E-state index in [2.05, 4.69) is 10.2 Å². The third-order valence-electron chi connectivity index (χ3n) is 5.56. The van der Waals surface area contributed by atoms with Crippen LogP contribution in [0.25, 0.3) is 0 Å². The number of carbonyl (C=O) groups is 2. The quantitative estimate of drug-likeness (QED) is 0.455. The van der Waals surface area contributed by atoms with E-state index in [4.69, 9.17) is 14.2 Å². The molecule has 4 rings (SSSR count). The molecule has 0 spiro atoms. The second kappa shape index (κ2) is 12.0. The monoisotopic (exact) mass is 476 g/mol. The fourth-order valence-electron chi connectivity index (χ4n) is 3.69. The Morgan fingerprint density at radius 1 is 0.886 bits per heavy atom. The van der Waals surface area contributed by atoms with Gasteiger partial charge in [-0.25, -0.2) is 4.79 Å². The van der Waals surface area contributed by atoms with E-state index in [-0.39, 0.29) is 23.6 Å². The van der Waals surface area contributed by atoms with Gasteiger partial charge in [-0.05, 0) is 54.1 Å². The molecule has 8 heteroatoms. The first kappa shape index (κ1) is 24.3. The number of hydrogen-bond acceptors (Lipinski definition) is 6. The third kappa shape index (κ3) is 7.30. The average molecular weight is 477 g/mol. The highest BCUT2D eigenvalue weighted by molar-refractivity contribution is 6.00. The summed E-state index contributed by atoms with van der Waals surface area (Å²) in [7, 11) is 0. The maximum Gasteiger partial charge on any atom is 0.337 e. The fraction of sp³-hybridized carbons (Fsp3) is 0.259. The molecule has 0 unspecified atom stereocenters. The number of anilines is 1. The maximum absolute atomic E-state index is 12.4. The molecule has 1 saturated heterocycles. The summed E-state index contributed by atoms with van der Waals surface area (Å²) in [6.45, 7) is 4.94. The van der Waals surface area contributed by atoms with Crippen molar-refractivity contribution < 1.29 is 28.9 Å². The minimum atomic E-state index is -1.09. The first-order chi connectivity index (χ1) is 17.1. The number of carboxylic acids is 1. The number of aromatic carboxylic acids is 1. The summed E-state index contributed by atoms with van der Waals surface area (Å²) < 4.78 is 17.1. The predicted octanol–water partition coefficient (Wildman–Crippen LogP) is 4.07. The number of nitrogens with zero attached hydrogens (tertiary/aromatic N) is 1. The molecule has 8 nitrogen and oxygen atoms in total. The van der Waals surface area contributed by atoms with E-state index in [0.29, 0.717) is 18.1 Å². The van der Waals surface area contributed by atoms with Crippen molar-refractivity contribution in [3.63, 3.8) is 0 Å². The highest BCUT2D eigenvalue weighted by Gasteiger charge is 2.12. The summed E-state index contributed by atoms with van der Waals surface area (Å²) in [6.07, 6.45) is 0.116. The number of hydrogen-bond donors (Lipinski definition) is 2. The summed E-state index contributed by atoms with van der Waals surface area (Å²) in [5, 5.41) is 11.9. The number of carbonyl (C=O) groups excluding carboxylic acids is 1. The number of benzene rings is 3. The second-order valence-corrected chi connectivity index (χ2v) is 8.10. The summed E-state index contributed by atoms with van der Waals surface area (Å²) in [6, 6.07) is 21.0. The van der Waals surface area contributed by atoms with E-state index in [0.717, 1.165) is 44.2 Å². The Balaban J connectivity index is 1.24. The second-order valence-electron chi connectivity index (χ2n) is 8.10. The summed E-state index contributed by atoms with van der Waals surface area (Å²) in [5.74, 6) is 0.732. The van der Waals surface area contributed by atoms with Gasteiger partial charge >= 0.3 is 5.97 Å². The molecule has 1 aliphatic rings. The first-order valence-electron chi connectivity index (χ1n) is 11.5. The van der Waals surface area contributed by atoms with E-state index in [1.54, 1.807) is 42.5 Å². The highest BCUT2D eigenvalue weighted by Crippen LogP contribution is 2.24. The van der Waals surface area contributed by atoms with Crippen molar-refractivity contribution in [3.8, 4) is 17.2 Å². The molecule has 0 aliphatic carbocycles. The molecule has 0 aromatic heterocycles. The zero-order valence-corrected chi connectivity index (χ0v) is 19.3. The van der Waals surface area contributed by atoms with E-state index in [1.807, 2.05) is 24.3 Å². The van der Waals surface area contributed by atoms with Crippen LogP contribution >= 0.6 is 0 Å². The number of carboxylic acid groups (broad SMARTS) is 1. The summed E-state index contributed by atoms with van der Waals surface area (Å²) in [4.78, 5) is 26.0. The van der Waals surface area contributed by atoms with Gasteiger partial charge in [-0.15, -0.1) is 0 Å². The molecular formula is C27H28N2O6. The van der Waals surface area contributed by atoms with E-state index in [1.165, 1.54) is 6.07 Å². The number of rotatable bonds is 10. The van der Waals surface area contributed by atoms with Crippen molar-refractivity contribution in [1.82, 2.24) is 4.90 Å². The van der Waals surface area contributed by atoms with Crippen molar-refractivity contribution in [3.05, 3.63) is 83.9 Å². The van der Waals surface area contributed by atoms with Crippen LogP contribution in [0.3, 0.4) is 0 Å². The van der Waals surface area contributed by atoms with Crippen LogP contribution in [-0.2, 0) is 16.0 Å². The Bertz CT molecular complexity index is 1130. The van der Waals surface area contributed by atoms with Gasteiger partial charge in [0.25, 0.3) is 0 Å². The van der Waals surface area contributed by atoms with Gasteiger partial charge in [-0.1, -0.05) is 24.3 Å². The van der Waals surface area contributed by atoms with Crippen molar-refractivity contribution in [2.24, 2.45) is 0 Å². The lowest BCUT2D eigenvalue weighted by atomic mass is 10.1. The minimum Gasteiger partial charge on any atom is -0.492 e. The molecule has 3 aromatic carbocycles. The van der Waals surface area contributed by atoms with Gasteiger partial charge in [-0.2, -0.15) is 0 Å². The lowest BCUT2D eigenvalue weighted by Gasteiger charge is -2.26. The molecular weight excluding hydrogens is 448 g/mol. The van der Waals surface area contributed by atoms with Crippen molar-refractivity contribution >= 4 is 17.6 Å².